The average molecular weight is 155 g/mol. The van der Waals surface area contributed by atoms with Crippen LogP contribution in [0.25, 0.3) is 0 Å². The van der Waals surface area contributed by atoms with Crippen LogP contribution in [0.1, 0.15) is 33.6 Å². The lowest BCUT2D eigenvalue weighted by atomic mass is 9.95. The highest BCUT2D eigenvalue weighted by Crippen LogP contribution is 2.20. The van der Waals surface area contributed by atoms with E-state index in [9.17, 15) is 4.79 Å². The lowest BCUT2D eigenvalue weighted by Gasteiger charge is -2.11. The Bertz CT molecular complexity index is 156. The van der Waals surface area contributed by atoms with E-state index in [4.69, 9.17) is 0 Å². The maximum absolute atomic E-state index is 11.3. The molecule has 2 heteroatoms. The third kappa shape index (κ3) is 2.21. The maximum atomic E-state index is 11.3. The van der Waals surface area contributed by atoms with Crippen molar-refractivity contribution in [2.45, 2.75) is 39.7 Å². The smallest absolute Gasteiger partial charge is 0.223 e. The van der Waals surface area contributed by atoms with E-state index < -0.39 is 0 Å². The summed E-state index contributed by atoms with van der Waals surface area (Å²) in [7, 11) is 0. The molecule has 1 heterocycles. The van der Waals surface area contributed by atoms with Gasteiger partial charge in [0.25, 0.3) is 0 Å². The number of hydrogen-bond acceptors (Lipinski definition) is 1. The molecule has 3 atom stereocenters. The monoisotopic (exact) mass is 155 g/mol. The Labute approximate surface area is 68.4 Å². The maximum Gasteiger partial charge on any atom is 0.223 e. The molecule has 0 aliphatic carbocycles. The van der Waals surface area contributed by atoms with Gasteiger partial charge in [0.15, 0.2) is 0 Å². The molecule has 1 saturated heterocycles. The molecule has 64 valence electrons. The zero-order valence-corrected chi connectivity index (χ0v) is 7.55. The van der Waals surface area contributed by atoms with Crippen LogP contribution in [-0.4, -0.2) is 11.9 Å². The van der Waals surface area contributed by atoms with Crippen molar-refractivity contribution in [3.8, 4) is 0 Å². The summed E-state index contributed by atoms with van der Waals surface area (Å²) < 4.78 is 0. The van der Waals surface area contributed by atoms with Crippen molar-refractivity contribution in [3.63, 3.8) is 0 Å². The summed E-state index contributed by atoms with van der Waals surface area (Å²) in [5.41, 5.74) is 0. The highest BCUT2D eigenvalue weighted by atomic mass is 16.1. The van der Waals surface area contributed by atoms with Gasteiger partial charge in [-0.2, -0.15) is 0 Å². The number of rotatable bonds is 0. The Balaban J connectivity index is 2.58. The normalized spacial score (nSPS) is 39.5. The number of hydrogen-bond donors (Lipinski definition) is 1. The second kappa shape index (κ2) is 3.24. The fourth-order valence-corrected chi connectivity index (χ4v) is 1.85. The van der Waals surface area contributed by atoms with E-state index in [2.05, 4.69) is 19.2 Å². The molecule has 0 aromatic carbocycles. The third-order valence-electron chi connectivity index (χ3n) is 2.35. The lowest BCUT2D eigenvalue weighted by Crippen LogP contribution is -2.33. The van der Waals surface area contributed by atoms with Crippen LogP contribution in [0.15, 0.2) is 0 Å². The van der Waals surface area contributed by atoms with E-state index in [0.29, 0.717) is 12.0 Å². The van der Waals surface area contributed by atoms with Crippen LogP contribution in [-0.2, 0) is 4.79 Å². The van der Waals surface area contributed by atoms with Crippen LogP contribution in [0.4, 0.5) is 0 Å². The summed E-state index contributed by atoms with van der Waals surface area (Å²) in [6, 6.07) is 0.363. The Kier molecular flexibility index (Phi) is 2.53. The number of carbonyl (C=O) groups is 1. The second-order valence-electron chi connectivity index (χ2n) is 3.89. The molecule has 1 aliphatic heterocycles. The van der Waals surface area contributed by atoms with Crippen molar-refractivity contribution in [3.05, 3.63) is 0 Å². The minimum absolute atomic E-state index is 0.204. The summed E-state index contributed by atoms with van der Waals surface area (Å²) in [6.45, 7) is 6.30. The summed E-state index contributed by atoms with van der Waals surface area (Å²) >= 11 is 0. The molecule has 0 aromatic rings. The SMILES string of the molecule is C[C@@H]1C[C@H](C)NC(=O)[C@@H](C)C1. The van der Waals surface area contributed by atoms with Crippen LogP contribution >= 0.6 is 0 Å². The molecule has 2 nitrogen and oxygen atoms in total. The van der Waals surface area contributed by atoms with Gasteiger partial charge in [-0.05, 0) is 25.7 Å². The van der Waals surface area contributed by atoms with Crippen LogP contribution in [0.2, 0.25) is 0 Å². The fourth-order valence-electron chi connectivity index (χ4n) is 1.85. The highest BCUT2D eigenvalue weighted by Gasteiger charge is 2.23. The van der Waals surface area contributed by atoms with Crippen LogP contribution in [0.5, 0.6) is 0 Å². The summed E-state index contributed by atoms with van der Waals surface area (Å²) in [6.07, 6.45) is 2.16. The quantitative estimate of drug-likeness (QED) is 0.565. The van der Waals surface area contributed by atoms with Gasteiger partial charge in [0.05, 0.1) is 0 Å². The third-order valence-corrected chi connectivity index (χ3v) is 2.35. The van der Waals surface area contributed by atoms with Crippen molar-refractivity contribution in [1.82, 2.24) is 5.32 Å². The summed E-state index contributed by atoms with van der Waals surface area (Å²) in [5, 5.41) is 2.98. The van der Waals surface area contributed by atoms with Crippen molar-refractivity contribution in [1.29, 1.82) is 0 Å². The molecule has 0 bridgehead atoms. The van der Waals surface area contributed by atoms with Gasteiger partial charge >= 0.3 is 0 Å². The number of nitrogens with one attached hydrogen (secondary N) is 1. The van der Waals surface area contributed by atoms with Crippen LogP contribution < -0.4 is 5.32 Å². The summed E-state index contributed by atoms with van der Waals surface area (Å²) in [4.78, 5) is 11.3. The molecule has 0 saturated carbocycles. The van der Waals surface area contributed by atoms with Crippen molar-refractivity contribution in [2.75, 3.05) is 0 Å². The molecule has 1 N–H and O–H groups in total. The van der Waals surface area contributed by atoms with E-state index >= 15 is 0 Å². The topological polar surface area (TPSA) is 29.1 Å². The molecular weight excluding hydrogens is 138 g/mol. The Hall–Kier alpha value is -0.530. The molecule has 0 unspecified atom stereocenters. The lowest BCUT2D eigenvalue weighted by molar-refractivity contribution is -0.124. The molecular formula is C9H17NO. The van der Waals surface area contributed by atoms with Crippen LogP contribution in [0, 0.1) is 11.8 Å². The molecule has 1 fully saturated rings. The van der Waals surface area contributed by atoms with Crippen LogP contribution in [0.3, 0.4) is 0 Å². The highest BCUT2D eigenvalue weighted by molar-refractivity contribution is 5.78. The first-order valence-corrected chi connectivity index (χ1v) is 4.40. The van der Waals surface area contributed by atoms with Gasteiger partial charge in [0, 0.05) is 12.0 Å². The molecule has 11 heavy (non-hydrogen) atoms. The predicted octanol–water partition coefficient (Wildman–Crippen LogP) is 1.56. The van der Waals surface area contributed by atoms with Gasteiger partial charge in [-0.15, -0.1) is 0 Å². The first-order chi connectivity index (χ1) is 5.09. The van der Waals surface area contributed by atoms with E-state index in [1.165, 1.54) is 0 Å². The van der Waals surface area contributed by atoms with Gasteiger partial charge in [0.1, 0.15) is 0 Å². The Morgan fingerprint density at radius 1 is 1.27 bits per heavy atom. The largest absolute Gasteiger partial charge is 0.353 e. The molecule has 0 spiro atoms. The Morgan fingerprint density at radius 3 is 2.55 bits per heavy atom. The molecule has 0 radical (unpaired) electrons. The van der Waals surface area contributed by atoms with E-state index in [1.54, 1.807) is 0 Å². The van der Waals surface area contributed by atoms with Crippen molar-refractivity contribution < 1.29 is 4.79 Å². The van der Waals surface area contributed by atoms with Gasteiger partial charge in [-0.3, -0.25) is 4.79 Å². The zero-order valence-electron chi connectivity index (χ0n) is 7.55. The van der Waals surface area contributed by atoms with Gasteiger partial charge in [0.2, 0.25) is 5.91 Å². The molecule has 0 aromatic heterocycles. The predicted molar refractivity (Wildman–Crippen MR) is 45.2 cm³/mol. The van der Waals surface area contributed by atoms with Gasteiger partial charge < -0.3 is 5.32 Å². The van der Waals surface area contributed by atoms with Crippen molar-refractivity contribution >= 4 is 5.91 Å². The van der Waals surface area contributed by atoms with Gasteiger partial charge in [-0.1, -0.05) is 13.8 Å². The van der Waals surface area contributed by atoms with E-state index in [1.807, 2.05) is 6.92 Å². The number of amides is 1. The molecule has 1 amide bonds. The minimum Gasteiger partial charge on any atom is -0.353 e. The van der Waals surface area contributed by atoms with E-state index in [0.717, 1.165) is 12.8 Å². The minimum atomic E-state index is 0.204. The summed E-state index contributed by atoms with van der Waals surface area (Å²) in [5.74, 6) is 1.11. The van der Waals surface area contributed by atoms with Crippen molar-refractivity contribution in [2.24, 2.45) is 11.8 Å². The van der Waals surface area contributed by atoms with E-state index in [-0.39, 0.29) is 11.8 Å². The first kappa shape index (κ1) is 8.57. The van der Waals surface area contributed by atoms with Gasteiger partial charge in [-0.25, -0.2) is 0 Å². The fraction of sp³-hybridized carbons (Fsp3) is 0.889. The first-order valence-electron chi connectivity index (χ1n) is 4.40. The number of carbonyl (C=O) groups excluding carboxylic acids is 1. The Morgan fingerprint density at radius 2 is 1.91 bits per heavy atom. The standard InChI is InChI=1S/C9H17NO/c1-6-4-7(2)9(11)10-8(3)5-6/h6-8H,4-5H2,1-3H3,(H,10,11)/t6-,7-,8-/m0/s1. The molecule has 1 aliphatic rings. The second-order valence-corrected chi connectivity index (χ2v) is 3.89. The molecule has 1 rings (SSSR count). The average Bonchev–Trinajstić information content (AvgIpc) is 1.93. The zero-order chi connectivity index (χ0) is 8.43.